The van der Waals surface area contributed by atoms with E-state index in [1.54, 1.807) is 6.26 Å². The molecule has 1 aliphatic heterocycles. The van der Waals surface area contributed by atoms with Crippen LogP contribution in [0, 0.1) is 0 Å². The Labute approximate surface area is 64.7 Å². The summed E-state index contributed by atoms with van der Waals surface area (Å²) in [6, 6.07) is 0. The van der Waals surface area contributed by atoms with Crippen LogP contribution < -0.4 is 0 Å². The molecule has 0 aliphatic carbocycles. The van der Waals surface area contributed by atoms with Gasteiger partial charge in [-0.3, -0.25) is 0 Å². The van der Waals surface area contributed by atoms with E-state index in [2.05, 4.69) is 18.9 Å². The maximum atomic E-state index is 5.01. The Kier molecular flexibility index (Phi) is 3.58. The van der Waals surface area contributed by atoms with Crippen LogP contribution in [0.25, 0.3) is 0 Å². The summed E-state index contributed by atoms with van der Waals surface area (Å²) in [4.78, 5) is 0. The second-order valence-electron chi connectivity index (χ2n) is 1.94. The lowest BCUT2D eigenvalue weighted by Crippen LogP contribution is -2.32. The lowest BCUT2D eigenvalue weighted by molar-refractivity contribution is 0.0348. The quantitative estimate of drug-likeness (QED) is 0.590. The Morgan fingerprint density at radius 2 is 2.20 bits per heavy atom. The smallest absolute Gasteiger partial charge is 0.125 e. The minimum absolute atomic E-state index is 0.0174. The van der Waals surface area contributed by atoms with Gasteiger partial charge in [-0.15, -0.1) is 0 Å². The van der Waals surface area contributed by atoms with E-state index in [-0.39, 0.29) is 12.2 Å². The normalized spacial score (nSPS) is 31.8. The van der Waals surface area contributed by atoms with Crippen LogP contribution in [0.4, 0.5) is 0 Å². The molecule has 0 amide bonds. The van der Waals surface area contributed by atoms with Crippen molar-refractivity contribution in [3.63, 3.8) is 0 Å². The third-order valence-corrected chi connectivity index (χ3v) is 1.99. The van der Waals surface area contributed by atoms with Gasteiger partial charge in [0.1, 0.15) is 18.8 Å². The minimum Gasteiger partial charge on any atom is -0.499 e. The highest BCUT2D eigenvalue weighted by molar-refractivity contribution is 7.10. The first-order valence-corrected chi connectivity index (χ1v) is 3.82. The van der Waals surface area contributed by atoms with Gasteiger partial charge in [0.15, 0.2) is 0 Å². The molecule has 3 nitrogen and oxygen atoms in total. The summed E-state index contributed by atoms with van der Waals surface area (Å²) >= 11 is 0. The van der Waals surface area contributed by atoms with E-state index in [1.165, 1.54) is 0 Å². The van der Waals surface area contributed by atoms with Crippen molar-refractivity contribution in [3.05, 3.63) is 12.3 Å². The van der Waals surface area contributed by atoms with Crippen LogP contribution in [-0.2, 0) is 13.8 Å². The first-order chi connectivity index (χ1) is 4.88. The van der Waals surface area contributed by atoms with Gasteiger partial charge in [-0.2, -0.15) is 0 Å². The van der Waals surface area contributed by atoms with Crippen LogP contribution in [0.2, 0.25) is 0 Å². The first kappa shape index (κ1) is 8.42. The molecule has 1 aliphatic rings. The molecule has 0 aromatic rings. The van der Waals surface area contributed by atoms with E-state index in [1.807, 2.05) is 6.08 Å². The molecule has 0 saturated carbocycles. The zero-order valence-corrected chi connectivity index (χ0v) is 7.71. The molecule has 58 valence electrons. The predicted molar refractivity (Wildman–Crippen MR) is 44.3 cm³/mol. The highest BCUT2D eigenvalue weighted by atomic mass is 31.0. The average Bonchev–Trinajstić information content (AvgIpc) is 2.04. The Hall–Kier alpha value is 0.320. The second-order valence-corrected chi connectivity index (χ2v) is 2.48. The number of hydrogen-bond donors (Lipinski definition) is 0. The van der Waals surface area contributed by atoms with Gasteiger partial charge in [0.05, 0.1) is 6.26 Å². The van der Waals surface area contributed by atoms with E-state index in [4.69, 9.17) is 13.8 Å². The molecule has 1 heterocycles. The molecule has 10 heavy (non-hydrogen) atoms. The average molecular weight is 180 g/mol. The highest BCUT2D eigenvalue weighted by Gasteiger charge is 2.21. The fourth-order valence-corrected chi connectivity index (χ4v) is 1.25. The molecule has 0 aromatic heterocycles. The largest absolute Gasteiger partial charge is 0.499 e. The SMILES string of the molecule is POC1C=COCC1OP. The summed E-state index contributed by atoms with van der Waals surface area (Å²) in [5.74, 6) is 0. The van der Waals surface area contributed by atoms with E-state index in [0.29, 0.717) is 6.61 Å². The third kappa shape index (κ3) is 1.90. The predicted octanol–water partition coefficient (Wildman–Crippen LogP) is 0.881. The maximum Gasteiger partial charge on any atom is 0.125 e. The van der Waals surface area contributed by atoms with Crippen LogP contribution >= 0.6 is 18.9 Å². The first-order valence-electron chi connectivity index (χ1n) is 2.88. The van der Waals surface area contributed by atoms with Crippen LogP contribution in [0.1, 0.15) is 0 Å². The maximum absolute atomic E-state index is 5.01. The monoisotopic (exact) mass is 180 g/mol. The molecule has 1 rings (SSSR count). The fourth-order valence-electron chi connectivity index (χ4n) is 0.752. The van der Waals surface area contributed by atoms with Crippen LogP contribution in [-0.4, -0.2) is 18.8 Å². The summed E-state index contributed by atoms with van der Waals surface area (Å²) in [7, 11) is 4.40. The van der Waals surface area contributed by atoms with Gasteiger partial charge in [-0.25, -0.2) is 0 Å². The zero-order valence-electron chi connectivity index (χ0n) is 5.40. The lowest BCUT2D eigenvalue weighted by atomic mass is 10.2. The molecule has 4 unspecified atom stereocenters. The Morgan fingerprint density at radius 3 is 2.70 bits per heavy atom. The molecule has 0 aromatic carbocycles. The third-order valence-electron chi connectivity index (χ3n) is 1.32. The van der Waals surface area contributed by atoms with Gasteiger partial charge in [-0.05, 0) is 6.08 Å². The molecule has 0 radical (unpaired) electrons. The summed E-state index contributed by atoms with van der Waals surface area (Å²) in [6.07, 6.45) is 3.39. The number of rotatable bonds is 2. The molecule has 0 spiro atoms. The summed E-state index contributed by atoms with van der Waals surface area (Å²) < 4.78 is 15.0. The van der Waals surface area contributed by atoms with Crippen molar-refractivity contribution < 1.29 is 13.8 Å². The lowest BCUT2D eigenvalue weighted by Gasteiger charge is -2.24. The molecule has 0 bridgehead atoms. The van der Waals surface area contributed by atoms with E-state index in [9.17, 15) is 0 Å². The van der Waals surface area contributed by atoms with Crippen LogP contribution in [0.5, 0.6) is 0 Å². The van der Waals surface area contributed by atoms with Crippen molar-refractivity contribution in [1.82, 2.24) is 0 Å². The molecular weight excluding hydrogens is 170 g/mol. The van der Waals surface area contributed by atoms with Crippen molar-refractivity contribution >= 4 is 18.9 Å². The van der Waals surface area contributed by atoms with Gasteiger partial charge in [0.2, 0.25) is 0 Å². The van der Waals surface area contributed by atoms with Crippen LogP contribution in [0.15, 0.2) is 12.3 Å². The van der Waals surface area contributed by atoms with Gasteiger partial charge in [0.25, 0.3) is 0 Å². The second kappa shape index (κ2) is 4.25. The summed E-state index contributed by atoms with van der Waals surface area (Å²) in [6.45, 7) is 0.541. The van der Waals surface area contributed by atoms with Gasteiger partial charge in [0, 0.05) is 18.9 Å². The molecule has 0 fully saturated rings. The van der Waals surface area contributed by atoms with Crippen molar-refractivity contribution in [2.45, 2.75) is 12.2 Å². The Bertz CT molecular complexity index is 128. The van der Waals surface area contributed by atoms with Crippen molar-refractivity contribution in [2.24, 2.45) is 0 Å². The summed E-state index contributed by atoms with van der Waals surface area (Å²) in [5.41, 5.74) is 0. The van der Waals surface area contributed by atoms with Gasteiger partial charge >= 0.3 is 0 Å². The minimum atomic E-state index is -0.0208. The molecule has 4 atom stereocenters. The summed E-state index contributed by atoms with van der Waals surface area (Å²) in [5, 5.41) is 0. The standard InChI is InChI=1S/C5H10O3P2/c9-7-4-1-2-6-3-5(4)8-10/h1-2,4-5H,3,9-10H2. The van der Waals surface area contributed by atoms with Crippen molar-refractivity contribution in [3.8, 4) is 0 Å². The molecule has 0 saturated heterocycles. The van der Waals surface area contributed by atoms with Gasteiger partial charge in [-0.1, -0.05) is 0 Å². The Morgan fingerprint density at radius 1 is 1.40 bits per heavy atom. The number of hydrogen-bond acceptors (Lipinski definition) is 3. The molecular formula is C5H10O3P2. The van der Waals surface area contributed by atoms with Gasteiger partial charge < -0.3 is 13.8 Å². The molecule has 0 N–H and O–H groups in total. The fraction of sp³-hybridized carbons (Fsp3) is 0.600. The van der Waals surface area contributed by atoms with Crippen molar-refractivity contribution in [2.75, 3.05) is 6.61 Å². The number of ether oxygens (including phenoxy) is 1. The molecule has 5 heteroatoms. The van der Waals surface area contributed by atoms with E-state index >= 15 is 0 Å². The zero-order chi connectivity index (χ0) is 7.40. The van der Waals surface area contributed by atoms with Crippen molar-refractivity contribution in [1.29, 1.82) is 0 Å². The van der Waals surface area contributed by atoms with E-state index in [0.717, 1.165) is 0 Å². The van der Waals surface area contributed by atoms with Crippen LogP contribution in [0.3, 0.4) is 0 Å². The Balaban J connectivity index is 2.47. The highest BCUT2D eigenvalue weighted by Crippen LogP contribution is 2.16. The topological polar surface area (TPSA) is 27.7 Å². The van der Waals surface area contributed by atoms with E-state index < -0.39 is 0 Å².